The Kier molecular flexibility index (Phi) is 6.49. The molecule has 0 atom stereocenters. The van der Waals surface area contributed by atoms with Crippen LogP contribution in [0.4, 0.5) is 0 Å². The summed E-state index contributed by atoms with van der Waals surface area (Å²) < 4.78 is 5.20. The highest BCUT2D eigenvalue weighted by Gasteiger charge is 2.15. The van der Waals surface area contributed by atoms with Crippen molar-refractivity contribution in [2.75, 3.05) is 6.54 Å². The van der Waals surface area contributed by atoms with Gasteiger partial charge in [0.05, 0.1) is 5.56 Å². The van der Waals surface area contributed by atoms with Gasteiger partial charge in [-0.3, -0.25) is 9.79 Å². The molecule has 0 saturated heterocycles. The number of benzene rings is 1. The van der Waals surface area contributed by atoms with Crippen molar-refractivity contribution in [2.45, 2.75) is 26.5 Å². The van der Waals surface area contributed by atoms with Crippen LogP contribution in [0, 0.1) is 0 Å². The summed E-state index contributed by atoms with van der Waals surface area (Å²) in [6, 6.07) is 6.49. The normalized spacial score (nSPS) is 10.5. The van der Waals surface area contributed by atoms with E-state index in [-0.39, 0.29) is 19.0 Å². The number of carboxylic acids is 1. The quantitative estimate of drug-likeness (QED) is 0.612. The Balaban J connectivity index is 2.61. The number of nitrogens with zero attached hydrogens (tertiary/aromatic N) is 1. The molecule has 0 spiro atoms. The van der Waals surface area contributed by atoms with E-state index in [0.717, 1.165) is 12.6 Å². The molecule has 0 bridgehead atoms. The van der Waals surface area contributed by atoms with Gasteiger partial charge in [-0.2, -0.15) is 0 Å². The van der Waals surface area contributed by atoms with E-state index in [2.05, 4.69) is 4.99 Å². The average molecular weight is 275 g/mol. The van der Waals surface area contributed by atoms with Gasteiger partial charge in [0.15, 0.2) is 0 Å². The predicted octanol–water partition coefficient (Wildman–Crippen LogP) is 2.38. The van der Waals surface area contributed by atoms with E-state index in [1.165, 1.54) is 12.3 Å². The molecule has 0 unspecified atom stereocenters. The van der Waals surface area contributed by atoms with E-state index in [1.54, 1.807) is 18.2 Å². The number of carbonyl (C=O) groups is 2. The molecular weight excluding hydrogens is 257 g/mol. The average Bonchev–Trinajstić information content (AvgIpc) is 2.45. The first-order valence-electron chi connectivity index (χ1n) is 6.60. The maximum Gasteiger partial charge on any atom is 0.361 e. The molecular formula is C14H18BNO4. The molecule has 0 aliphatic rings. The van der Waals surface area contributed by atoms with Crippen molar-refractivity contribution >= 4 is 25.1 Å². The summed E-state index contributed by atoms with van der Waals surface area (Å²) in [4.78, 5) is 26.5. The van der Waals surface area contributed by atoms with Gasteiger partial charge in [0.1, 0.15) is 6.54 Å². The molecule has 0 heterocycles. The predicted molar refractivity (Wildman–Crippen MR) is 78.7 cm³/mol. The van der Waals surface area contributed by atoms with Gasteiger partial charge >= 0.3 is 18.9 Å². The summed E-state index contributed by atoms with van der Waals surface area (Å²) in [6.07, 6.45) is 2.93. The minimum atomic E-state index is -1.02. The van der Waals surface area contributed by atoms with Crippen LogP contribution in [0.25, 0.3) is 0 Å². The molecule has 1 aromatic rings. The summed E-state index contributed by atoms with van der Waals surface area (Å²) in [5.74, 6) is -1.42. The first-order chi connectivity index (χ1) is 9.58. The largest absolute Gasteiger partial charge is 0.535 e. The Bertz CT molecular complexity index is 498. The first kappa shape index (κ1) is 16.0. The smallest absolute Gasteiger partial charge is 0.361 e. The second-order valence-electron chi connectivity index (χ2n) is 4.29. The standard InChI is InChI=1S/C14H18BNO4/c1-3-15(4-2)20-13(17)10-16-9-11-7-5-6-8-12(11)14(18)19/h5-9H,3-4,10H2,1-2H3,(H,18,19). The van der Waals surface area contributed by atoms with Crippen molar-refractivity contribution < 1.29 is 19.3 Å². The highest BCUT2D eigenvalue weighted by Crippen LogP contribution is 2.06. The molecule has 1 aromatic carbocycles. The molecule has 0 aromatic heterocycles. The highest BCUT2D eigenvalue weighted by molar-refractivity contribution is 6.53. The minimum Gasteiger partial charge on any atom is -0.535 e. The Morgan fingerprint density at radius 3 is 2.55 bits per heavy atom. The topological polar surface area (TPSA) is 76.0 Å². The third-order valence-corrected chi connectivity index (χ3v) is 2.85. The fourth-order valence-corrected chi connectivity index (χ4v) is 1.70. The van der Waals surface area contributed by atoms with Gasteiger partial charge in [-0.15, -0.1) is 0 Å². The molecule has 106 valence electrons. The monoisotopic (exact) mass is 275 g/mol. The van der Waals surface area contributed by atoms with Crippen LogP contribution >= 0.6 is 0 Å². The number of carboxylic acid groups (broad SMARTS) is 1. The molecule has 1 rings (SSSR count). The number of rotatable bonds is 7. The second kappa shape index (κ2) is 8.14. The fourth-order valence-electron chi connectivity index (χ4n) is 1.70. The van der Waals surface area contributed by atoms with Crippen LogP contribution in [0.15, 0.2) is 29.3 Å². The fraction of sp³-hybridized carbons (Fsp3) is 0.357. The van der Waals surface area contributed by atoms with Crippen molar-refractivity contribution in [3.63, 3.8) is 0 Å². The zero-order chi connectivity index (χ0) is 15.0. The third-order valence-electron chi connectivity index (χ3n) is 2.85. The number of carbonyl (C=O) groups excluding carboxylic acids is 1. The lowest BCUT2D eigenvalue weighted by molar-refractivity contribution is -0.133. The summed E-state index contributed by atoms with van der Waals surface area (Å²) in [5.41, 5.74) is 0.625. The van der Waals surface area contributed by atoms with Crippen LogP contribution < -0.4 is 0 Å². The number of aliphatic imine (C=N–C) groups is 1. The molecule has 6 heteroatoms. The number of hydrogen-bond donors (Lipinski definition) is 1. The van der Waals surface area contributed by atoms with Crippen molar-refractivity contribution in [2.24, 2.45) is 4.99 Å². The molecule has 0 radical (unpaired) electrons. The third kappa shape index (κ3) is 4.88. The molecule has 0 amide bonds. The second-order valence-corrected chi connectivity index (χ2v) is 4.29. The van der Waals surface area contributed by atoms with Crippen LogP contribution in [0.2, 0.25) is 12.6 Å². The van der Waals surface area contributed by atoms with E-state index >= 15 is 0 Å². The number of aromatic carboxylic acids is 1. The van der Waals surface area contributed by atoms with Crippen LogP contribution in [-0.4, -0.2) is 36.7 Å². The maximum absolute atomic E-state index is 11.5. The SMILES string of the molecule is CCB(CC)OC(=O)CN=Cc1ccccc1C(=O)O. The van der Waals surface area contributed by atoms with Crippen LogP contribution in [0.5, 0.6) is 0 Å². The summed E-state index contributed by atoms with van der Waals surface area (Å²) in [7, 11) is 0. The van der Waals surface area contributed by atoms with E-state index in [0.29, 0.717) is 5.56 Å². The van der Waals surface area contributed by atoms with Gasteiger partial charge in [0.25, 0.3) is 0 Å². The first-order valence-corrected chi connectivity index (χ1v) is 6.60. The highest BCUT2D eigenvalue weighted by atomic mass is 16.5. The Morgan fingerprint density at radius 1 is 1.30 bits per heavy atom. The van der Waals surface area contributed by atoms with Gasteiger partial charge in [-0.25, -0.2) is 4.79 Å². The Morgan fingerprint density at radius 2 is 1.95 bits per heavy atom. The van der Waals surface area contributed by atoms with Gasteiger partial charge in [-0.1, -0.05) is 32.0 Å². The minimum absolute atomic E-state index is 0.0796. The van der Waals surface area contributed by atoms with Crippen LogP contribution in [-0.2, 0) is 9.45 Å². The van der Waals surface area contributed by atoms with Crippen molar-refractivity contribution in [3.8, 4) is 0 Å². The Labute approximate surface area is 118 Å². The van der Waals surface area contributed by atoms with E-state index in [1.807, 2.05) is 13.8 Å². The van der Waals surface area contributed by atoms with Gasteiger partial charge in [0.2, 0.25) is 0 Å². The van der Waals surface area contributed by atoms with Crippen molar-refractivity contribution in [1.29, 1.82) is 0 Å². The lowest BCUT2D eigenvalue weighted by Crippen LogP contribution is -2.22. The van der Waals surface area contributed by atoms with Crippen molar-refractivity contribution in [3.05, 3.63) is 35.4 Å². The van der Waals surface area contributed by atoms with Crippen LogP contribution in [0.3, 0.4) is 0 Å². The zero-order valence-corrected chi connectivity index (χ0v) is 11.7. The molecule has 0 saturated carbocycles. The molecule has 0 aliphatic heterocycles. The maximum atomic E-state index is 11.5. The van der Waals surface area contributed by atoms with Gasteiger partial charge < -0.3 is 9.76 Å². The van der Waals surface area contributed by atoms with E-state index in [9.17, 15) is 9.59 Å². The van der Waals surface area contributed by atoms with E-state index < -0.39 is 11.9 Å². The van der Waals surface area contributed by atoms with E-state index in [4.69, 9.17) is 9.76 Å². The Hall–Kier alpha value is -2.11. The zero-order valence-electron chi connectivity index (χ0n) is 11.7. The lowest BCUT2D eigenvalue weighted by atomic mass is 9.62. The molecule has 0 fully saturated rings. The van der Waals surface area contributed by atoms with Gasteiger partial charge in [0, 0.05) is 11.8 Å². The summed E-state index contributed by atoms with van der Waals surface area (Å²) >= 11 is 0. The molecule has 5 nitrogen and oxygen atoms in total. The van der Waals surface area contributed by atoms with Crippen LogP contribution in [0.1, 0.15) is 29.8 Å². The summed E-state index contributed by atoms with van der Waals surface area (Å²) in [5, 5.41) is 9.00. The van der Waals surface area contributed by atoms with Gasteiger partial charge in [-0.05, 0) is 18.7 Å². The summed E-state index contributed by atoms with van der Waals surface area (Å²) in [6.45, 7) is 3.72. The van der Waals surface area contributed by atoms with Crippen molar-refractivity contribution in [1.82, 2.24) is 0 Å². The lowest BCUT2D eigenvalue weighted by Gasteiger charge is -2.09. The number of hydrogen-bond acceptors (Lipinski definition) is 4. The molecule has 20 heavy (non-hydrogen) atoms. The molecule has 0 aliphatic carbocycles. The molecule has 1 N–H and O–H groups in total.